The minimum absolute atomic E-state index is 0.211. The van der Waals surface area contributed by atoms with Crippen molar-refractivity contribution in [3.8, 4) is 0 Å². The minimum atomic E-state index is -0.211. The van der Waals surface area contributed by atoms with E-state index in [1.54, 1.807) is 11.3 Å². The summed E-state index contributed by atoms with van der Waals surface area (Å²) in [7, 11) is 0. The lowest BCUT2D eigenvalue weighted by atomic mass is 10.1. The predicted molar refractivity (Wildman–Crippen MR) is 49.4 cm³/mol. The van der Waals surface area contributed by atoms with Crippen molar-refractivity contribution in [3.05, 3.63) is 22.4 Å². The van der Waals surface area contributed by atoms with Crippen LogP contribution in [0.3, 0.4) is 0 Å². The lowest BCUT2D eigenvalue weighted by molar-refractivity contribution is -0.141. The molecule has 1 aromatic rings. The highest BCUT2D eigenvalue weighted by molar-refractivity contribution is 7.07. The normalized spacial score (nSPS) is 12.5. The van der Waals surface area contributed by atoms with Gasteiger partial charge in [0.05, 0.1) is 6.61 Å². The Morgan fingerprint density at radius 2 is 2.50 bits per heavy atom. The molecule has 0 saturated heterocycles. The summed E-state index contributed by atoms with van der Waals surface area (Å²) in [6, 6.07) is 2.05. The molecule has 0 saturated carbocycles. The van der Waals surface area contributed by atoms with E-state index >= 15 is 0 Å². The first-order chi connectivity index (χ1) is 5.70. The highest BCUT2D eigenvalue weighted by atomic mass is 32.1. The largest absolute Gasteiger partial charge is 0.465 e. The quantitative estimate of drug-likeness (QED) is 0.674. The lowest BCUT2D eigenvalue weighted by Crippen LogP contribution is -2.06. The van der Waals surface area contributed by atoms with Gasteiger partial charge >= 0.3 is 5.97 Å². The first-order valence-corrected chi connectivity index (χ1v) is 4.80. The molecule has 0 N–H and O–H groups in total. The molecule has 0 amide bonds. The van der Waals surface area contributed by atoms with E-state index in [0.29, 0.717) is 12.5 Å². The van der Waals surface area contributed by atoms with Gasteiger partial charge < -0.3 is 4.74 Å². The van der Waals surface area contributed by atoms with E-state index in [1.165, 1.54) is 12.5 Å². The van der Waals surface area contributed by atoms with E-state index in [2.05, 4.69) is 11.4 Å². The van der Waals surface area contributed by atoms with E-state index in [1.807, 2.05) is 12.3 Å². The van der Waals surface area contributed by atoms with Crippen LogP contribution in [0.5, 0.6) is 0 Å². The van der Waals surface area contributed by atoms with E-state index < -0.39 is 0 Å². The Bertz CT molecular complexity index is 241. The zero-order chi connectivity index (χ0) is 8.97. The van der Waals surface area contributed by atoms with Gasteiger partial charge in [-0.15, -0.1) is 0 Å². The molecule has 3 heteroatoms. The average molecular weight is 184 g/mol. The van der Waals surface area contributed by atoms with Crippen molar-refractivity contribution in [2.45, 2.75) is 19.8 Å². The van der Waals surface area contributed by atoms with Crippen LogP contribution in [0.25, 0.3) is 0 Å². The number of carbonyl (C=O) groups is 1. The maximum atomic E-state index is 10.5. The lowest BCUT2D eigenvalue weighted by Gasteiger charge is -2.08. The first-order valence-electron chi connectivity index (χ1n) is 3.85. The van der Waals surface area contributed by atoms with Gasteiger partial charge in [0, 0.05) is 12.8 Å². The van der Waals surface area contributed by atoms with Gasteiger partial charge in [0.25, 0.3) is 0 Å². The summed E-state index contributed by atoms with van der Waals surface area (Å²) in [5.41, 5.74) is 1.24. The molecule has 0 fully saturated rings. The Morgan fingerprint density at radius 3 is 3.00 bits per heavy atom. The molecule has 0 unspecified atom stereocenters. The third-order valence-corrected chi connectivity index (χ3v) is 2.35. The SMILES string of the molecule is CC(=O)OC[C@H](C)c1ccsc1. The van der Waals surface area contributed by atoms with Crippen molar-refractivity contribution < 1.29 is 9.53 Å². The zero-order valence-corrected chi connectivity index (χ0v) is 8.06. The van der Waals surface area contributed by atoms with Gasteiger partial charge in [-0.05, 0) is 22.4 Å². The molecule has 0 aliphatic rings. The van der Waals surface area contributed by atoms with Gasteiger partial charge in [-0.2, -0.15) is 11.3 Å². The smallest absolute Gasteiger partial charge is 0.302 e. The van der Waals surface area contributed by atoms with Crippen molar-refractivity contribution in [2.75, 3.05) is 6.61 Å². The third-order valence-electron chi connectivity index (χ3n) is 1.65. The number of hydrogen-bond donors (Lipinski definition) is 0. The number of thiophene rings is 1. The van der Waals surface area contributed by atoms with Crippen LogP contribution in [0.4, 0.5) is 0 Å². The Morgan fingerprint density at radius 1 is 1.75 bits per heavy atom. The van der Waals surface area contributed by atoms with Crippen LogP contribution in [0.15, 0.2) is 16.8 Å². The molecule has 0 spiro atoms. The van der Waals surface area contributed by atoms with Crippen LogP contribution in [-0.4, -0.2) is 12.6 Å². The molecule has 0 aliphatic carbocycles. The van der Waals surface area contributed by atoms with Gasteiger partial charge in [0.2, 0.25) is 0 Å². The monoisotopic (exact) mass is 184 g/mol. The topological polar surface area (TPSA) is 26.3 Å². The van der Waals surface area contributed by atoms with Gasteiger partial charge in [0.15, 0.2) is 0 Å². The molecule has 12 heavy (non-hydrogen) atoms. The number of esters is 1. The maximum Gasteiger partial charge on any atom is 0.302 e. The summed E-state index contributed by atoms with van der Waals surface area (Å²) in [6.07, 6.45) is 0. The highest BCUT2D eigenvalue weighted by Gasteiger charge is 2.06. The summed E-state index contributed by atoms with van der Waals surface area (Å²) in [5, 5.41) is 4.10. The number of carbonyl (C=O) groups excluding carboxylic acids is 1. The molecule has 1 rings (SSSR count). The molecule has 0 radical (unpaired) electrons. The molecule has 0 bridgehead atoms. The summed E-state index contributed by atoms with van der Waals surface area (Å²) < 4.78 is 4.89. The molecule has 66 valence electrons. The van der Waals surface area contributed by atoms with Crippen LogP contribution in [0.1, 0.15) is 25.3 Å². The molecule has 1 atom stereocenters. The molecule has 0 aromatic carbocycles. The Balaban J connectivity index is 2.39. The van der Waals surface area contributed by atoms with Crippen LogP contribution >= 0.6 is 11.3 Å². The fraction of sp³-hybridized carbons (Fsp3) is 0.444. The van der Waals surface area contributed by atoms with Crippen molar-refractivity contribution in [1.29, 1.82) is 0 Å². The average Bonchev–Trinajstić information content (AvgIpc) is 2.51. The van der Waals surface area contributed by atoms with E-state index in [-0.39, 0.29) is 5.97 Å². The zero-order valence-electron chi connectivity index (χ0n) is 7.24. The van der Waals surface area contributed by atoms with Crippen LogP contribution in [0.2, 0.25) is 0 Å². The van der Waals surface area contributed by atoms with Gasteiger partial charge in [-0.3, -0.25) is 4.79 Å². The predicted octanol–water partition coefficient (Wildman–Crippen LogP) is 2.41. The number of hydrogen-bond acceptors (Lipinski definition) is 3. The van der Waals surface area contributed by atoms with E-state index in [4.69, 9.17) is 4.74 Å². The van der Waals surface area contributed by atoms with Crippen LogP contribution in [-0.2, 0) is 9.53 Å². The third kappa shape index (κ3) is 2.66. The molecule has 1 aromatic heterocycles. The minimum Gasteiger partial charge on any atom is -0.465 e. The second-order valence-corrected chi connectivity index (χ2v) is 3.54. The van der Waals surface area contributed by atoms with Crippen molar-refractivity contribution in [3.63, 3.8) is 0 Å². The maximum absolute atomic E-state index is 10.5. The number of ether oxygens (including phenoxy) is 1. The standard InChI is InChI=1S/C9H12O2S/c1-7(5-11-8(2)10)9-3-4-12-6-9/h3-4,6-7H,5H2,1-2H3/t7-/m0/s1. The molecule has 0 aliphatic heterocycles. The Kier molecular flexibility index (Phi) is 3.29. The molecular formula is C9H12O2S. The van der Waals surface area contributed by atoms with E-state index in [0.717, 1.165) is 0 Å². The van der Waals surface area contributed by atoms with Crippen molar-refractivity contribution >= 4 is 17.3 Å². The summed E-state index contributed by atoms with van der Waals surface area (Å²) in [6.45, 7) is 3.96. The van der Waals surface area contributed by atoms with E-state index in [9.17, 15) is 4.79 Å². The van der Waals surface area contributed by atoms with Crippen molar-refractivity contribution in [2.24, 2.45) is 0 Å². The van der Waals surface area contributed by atoms with Crippen molar-refractivity contribution in [1.82, 2.24) is 0 Å². The molecule has 2 nitrogen and oxygen atoms in total. The van der Waals surface area contributed by atoms with Gasteiger partial charge in [-0.25, -0.2) is 0 Å². The summed E-state index contributed by atoms with van der Waals surface area (Å²) in [5.74, 6) is 0.0947. The van der Waals surface area contributed by atoms with Gasteiger partial charge in [0.1, 0.15) is 0 Å². The van der Waals surface area contributed by atoms with Crippen LogP contribution < -0.4 is 0 Å². The second-order valence-electron chi connectivity index (χ2n) is 2.76. The number of rotatable bonds is 3. The summed E-state index contributed by atoms with van der Waals surface area (Å²) in [4.78, 5) is 10.5. The summed E-state index contributed by atoms with van der Waals surface area (Å²) >= 11 is 1.66. The molecular weight excluding hydrogens is 172 g/mol. The first kappa shape index (κ1) is 9.26. The van der Waals surface area contributed by atoms with Crippen LogP contribution in [0, 0.1) is 0 Å². The molecule has 1 heterocycles. The highest BCUT2D eigenvalue weighted by Crippen LogP contribution is 2.18. The fourth-order valence-corrected chi connectivity index (χ4v) is 1.68. The fourth-order valence-electron chi connectivity index (χ4n) is 0.894. The Hall–Kier alpha value is -0.830. The Labute approximate surface area is 76.2 Å². The second kappa shape index (κ2) is 4.26. The van der Waals surface area contributed by atoms with Gasteiger partial charge in [-0.1, -0.05) is 6.92 Å².